The highest BCUT2D eigenvalue weighted by Crippen LogP contribution is 2.32. The minimum Gasteiger partial charge on any atom is -0.482 e. The Hall–Kier alpha value is -1.95. The number of halogens is 2. The van der Waals surface area contributed by atoms with Crippen molar-refractivity contribution in [1.29, 1.82) is 0 Å². The van der Waals surface area contributed by atoms with E-state index < -0.39 is 4.92 Å². The SMILES string of the molecule is Cc1cc(C)c(OCc2ccc(F)c(Br)c2)c([N+](=O)[O-])c1. The van der Waals surface area contributed by atoms with Crippen molar-refractivity contribution in [2.24, 2.45) is 0 Å². The molecule has 2 rings (SSSR count). The quantitative estimate of drug-likeness (QED) is 0.591. The fourth-order valence-electron chi connectivity index (χ4n) is 2.04. The number of nitro benzene ring substituents is 1. The topological polar surface area (TPSA) is 52.4 Å². The normalized spacial score (nSPS) is 10.5. The van der Waals surface area contributed by atoms with Crippen molar-refractivity contribution in [3.63, 3.8) is 0 Å². The third-order valence-corrected chi connectivity index (χ3v) is 3.57. The first-order chi connectivity index (χ1) is 9.88. The summed E-state index contributed by atoms with van der Waals surface area (Å²) in [5, 5.41) is 11.1. The zero-order valence-corrected chi connectivity index (χ0v) is 13.1. The van der Waals surface area contributed by atoms with Crippen LogP contribution < -0.4 is 4.74 Å². The van der Waals surface area contributed by atoms with E-state index in [1.165, 1.54) is 12.1 Å². The van der Waals surface area contributed by atoms with Gasteiger partial charge in [-0.3, -0.25) is 10.1 Å². The van der Waals surface area contributed by atoms with Crippen LogP contribution in [-0.2, 0) is 6.61 Å². The van der Waals surface area contributed by atoms with E-state index in [-0.39, 0.29) is 23.9 Å². The molecule has 0 unspecified atom stereocenters. The molecule has 0 bridgehead atoms. The first-order valence-corrected chi connectivity index (χ1v) is 7.00. The predicted molar refractivity (Wildman–Crippen MR) is 81.0 cm³/mol. The first kappa shape index (κ1) is 15.4. The average Bonchev–Trinajstić information content (AvgIpc) is 2.40. The summed E-state index contributed by atoms with van der Waals surface area (Å²) in [6, 6.07) is 7.78. The van der Waals surface area contributed by atoms with Crippen LogP contribution in [0, 0.1) is 29.8 Å². The molecule has 0 spiro atoms. The molecule has 0 fully saturated rings. The Morgan fingerprint density at radius 3 is 2.62 bits per heavy atom. The predicted octanol–water partition coefficient (Wildman–Crippen LogP) is 4.69. The molecule has 21 heavy (non-hydrogen) atoms. The smallest absolute Gasteiger partial charge is 0.311 e. The molecule has 0 saturated carbocycles. The molecule has 0 saturated heterocycles. The van der Waals surface area contributed by atoms with Crippen LogP contribution in [0.3, 0.4) is 0 Å². The van der Waals surface area contributed by atoms with Gasteiger partial charge in [0, 0.05) is 6.07 Å². The van der Waals surface area contributed by atoms with Crippen LogP contribution >= 0.6 is 15.9 Å². The Balaban J connectivity index is 2.27. The van der Waals surface area contributed by atoms with E-state index >= 15 is 0 Å². The summed E-state index contributed by atoms with van der Waals surface area (Å²) in [4.78, 5) is 10.6. The van der Waals surface area contributed by atoms with Crippen LogP contribution in [0.15, 0.2) is 34.8 Å². The summed E-state index contributed by atoms with van der Waals surface area (Å²) >= 11 is 3.10. The molecule has 110 valence electrons. The maximum Gasteiger partial charge on any atom is 0.311 e. The zero-order valence-electron chi connectivity index (χ0n) is 11.5. The van der Waals surface area contributed by atoms with Gasteiger partial charge in [-0.1, -0.05) is 12.1 Å². The van der Waals surface area contributed by atoms with Crippen LogP contribution in [0.5, 0.6) is 5.75 Å². The lowest BCUT2D eigenvalue weighted by molar-refractivity contribution is -0.386. The summed E-state index contributed by atoms with van der Waals surface area (Å²) in [6.07, 6.45) is 0. The number of hydrogen-bond donors (Lipinski definition) is 0. The second-order valence-electron chi connectivity index (χ2n) is 4.72. The molecule has 0 N–H and O–H groups in total. The van der Waals surface area contributed by atoms with Crippen molar-refractivity contribution in [3.8, 4) is 5.75 Å². The van der Waals surface area contributed by atoms with Gasteiger partial charge in [-0.2, -0.15) is 0 Å². The molecule has 0 aliphatic rings. The van der Waals surface area contributed by atoms with Gasteiger partial charge in [-0.05, 0) is 58.6 Å². The maximum absolute atomic E-state index is 13.2. The molecule has 0 aliphatic carbocycles. The Bertz CT molecular complexity index is 704. The van der Waals surface area contributed by atoms with Crippen LogP contribution in [0.2, 0.25) is 0 Å². The molecule has 2 aromatic carbocycles. The van der Waals surface area contributed by atoms with Crippen molar-refractivity contribution in [3.05, 3.63) is 67.4 Å². The molecule has 0 aliphatic heterocycles. The van der Waals surface area contributed by atoms with E-state index in [1.807, 2.05) is 6.07 Å². The zero-order chi connectivity index (χ0) is 15.6. The van der Waals surface area contributed by atoms with E-state index in [9.17, 15) is 14.5 Å². The minimum absolute atomic E-state index is 0.0614. The van der Waals surface area contributed by atoms with Gasteiger partial charge in [0.15, 0.2) is 5.75 Å². The summed E-state index contributed by atoms with van der Waals surface area (Å²) in [6.45, 7) is 3.68. The van der Waals surface area contributed by atoms with Gasteiger partial charge in [-0.15, -0.1) is 0 Å². The summed E-state index contributed by atoms with van der Waals surface area (Å²) in [5.41, 5.74) is 2.16. The number of nitro groups is 1. The van der Waals surface area contributed by atoms with E-state index in [0.717, 1.165) is 11.1 Å². The second kappa shape index (κ2) is 6.22. The monoisotopic (exact) mass is 353 g/mol. The van der Waals surface area contributed by atoms with E-state index in [0.29, 0.717) is 10.0 Å². The lowest BCUT2D eigenvalue weighted by Gasteiger charge is -2.11. The average molecular weight is 354 g/mol. The van der Waals surface area contributed by atoms with Gasteiger partial charge < -0.3 is 4.74 Å². The number of nitrogens with zero attached hydrogens (tertiary/aromatic N) is 1. The first-order valence-electron chi connectivity index (χ1n) is 6.21. The van der Waals surface area contributed by atoms with Crippen molar-refractivity contribution < 1.29 is 14.1 Å². The Kier molecular flexibility index (Phi) is 4.57. The Morgan fingerprint density at radius 1 is 1.29 bits per heavy atom. The molecular formula is C15H13BrFNO3. The summed E-state index contributed by atoms with van der Waals surface area (Å²) in [5.74, 6) is -0.123. The molecule has 4 nitrogen and oxygen atoms in total. The molecule has 6 heteroatoms. The lowest BCUT2D eigenvalue weighted by atomic mass is 10.1. The lowest BCUT2D eigenvalue weighted by Crippen LogP contribution is -2.02. The van der Waals surface area contributed by atoms with E-state index in [4.69, 9.17) is 4.74 Å². The van der Waals surface area contributed by atoms with Gasteiger partial charge in [0.25, 0.3) is 0 Å². The number of benzene rings is 2. The van der Waals surface area contributed by atoms with Crippen molar-refractivity contribution in [1.82, 2.24) is 0 Å². The number of rotatable bonds is 4. The standard InChI is InChI=1S/C15H13BrFNO3/c1-9-5-10(2)15(14(6-9)18(19)20)21-8-11-3-4-13(17)12(16)7-11/h3-7H,8H2,1-2H3. The van der Waals surface area contributed by atoms with E-state index in [2.05, 4.69) is 15.9 Å². The largest absolute Gasteiger partial charge is 0.482 e. The van der Waals surface area contributed by atoms with Crippen molar-refractivity contribution >= 4 is 21.6 Å². The van der Waals surface area contributed by atoms with Gasteiger partial charge in [0.2, 0.25) is 0 Å². The molecule has 0 heterocycles. The van der Waals surface area contributed by atoms with Crippen molar-refractivity contribution in [2.45, 2.75) is 20.5 Å². The highest BCUT2D eigenvalue weighted by atomic mass is 79.9. The molecule has 0 aromatic heterocycles. The van der Waals surface area contributed by atoms with Crippen LogP contribution in [0.4, 0.5) is 10.1 Å². The van der Waals surface area contributed by atoms with Gasteiger partial charge in [0.05, 0.1) is 9.40 Å². The number of aryl methyl sites for hydroxylation is 2. The summed E-state index contributed by atoms with van der Waals surface area (Å²) in [7, 11) is 0. The highest BCUT2D eigenvalue weighted by Gasteiger charge is 2.18. The van der Waals surface area contributed by atoms with E-state index in [1.54, 1.807) is 26.0 Å². The molecule has 0 atom stereocenters. The van der Waals surface area contributed by atoms with Crippen LogP contribution in [-0.4, -0.2) is 4.92 Å². The fraction of sp³-hybridized carbons (Fsp3) is 0.200. The second-order valence-corrected chi connectivity index (χ2v) is 5.58. The van der Waals surface area contributed by atoms with Crippen molar-refractivity contribution in [2.75, 3.05) is 0 Å². The van der Waals surface area contributed by atoms with Gasteiger partial charge in [0.1, 0.15) is 12.4 Å². The van der Waals surface area contributed by atoms with Crippen LogP contribution in [0.25, 0.3) is 0 Å². The third-order valence-electron chi connectivity index (χ3n) is 2.96. The van der Waals surface area contributed by atoms with Crippen LogP contribution in [0.1, 0.15) is 16.7 Å². The molecule has 0 amide bonds. The number of hydrogen-bond acceptors (Lipinski definition) is 3. The minimum atomic E-state index is -0.462. The molecule has 2 aromatic rings. The molecule has 0 radical (unpaired) electrons. The highest BCUT2D eigenvalue weighted by molar-refractivity contribution is 9.10. The maximum atomic E-state index is 13.2. The molecular weight excluding hydrogens is 341 g/mol. The number of ether oxygens (including phenoxy) is 1. The van der Waals surface area contributed by atoms with Gasteiger partial charge >= 0.3 is 5.69 Å². The van der Waals surface area contributed by atoms with Gasteiger partial charge in [-0.25, -0.2) is 4.39 Å². The third kappa shape index (κ3) is 3.58. The fourth-order valence-corrected chi connectivity index (χ4v) is 2.47. The Morgan fingerprint density at radius 2 is 2.00 bits per heavy atom. The summed E-state index contributed by atoms with van der Waals surface area (Å²) < 4.78 is 19.1. The Labute approximate surface area is 129 Å².